The summed E-state index contributed by atoms with van der Waals surface area (Å²) in [5.41, 5.74) is 1.01. The van der Waals surface area contributed by atoms with Crippen LogP contribution in [-0.4, -0.2) is 57.9 Å². The van der Waals surface area contributed by atoms with E-state index < -0.39 is 0 Å². The van der Waals surface area contributed by atoms with Gasteiger partial charge in [0.25, 0.3) is 0 Å². The van der Waals surface area contributed by atoms with Gasteiger partial charge in [0.15, 0.2) is 5.76 Å². The zero-order chi connectivity index (χ0) is 22.9. The summed E-state index contributed by atoms with van der Waals surface area (Å²) in [5, 5.41) is 15.6. The van der Waals surface area contributed by atoms with Gasteiger partial charge in [-0.15, -0.1) is 5.10 Å². The Morgan fingerprint density at radius 1 is 1.21 bits per heavy atom. The van der Waals surface area contributed by atoms with Gasteiger partial charge in [-0.3, -0.25) is 9.69 Å². The number of aromatic nitrogens is 3. The molecule has 0 radical (unpaired) electrons. The summed E-state index contributed by atoms with van der Waals surface area (Å²) >= 11 is 1.39. The second-order valence-corrected chi connectivity index (χ2v) is 8.92. The number of esters is 1. The number of hydrogen-bond donors (Lipinski definition) is 1. The molecule has 0 bridgehead atoms. The minimum atomic E-state index is -0.213. The highest BCUT2D eigenvalue weighted by Crippen LogP contribution is 2.42. The predicted octanol–water partition coefficient (Wildman–Crippen LogP) is 3.74. The van der Waals surface area contributed by atoms with E-state index in [1.54, 1.807) is 25.5 Å². The van der Waals surface area contributed by atoms with E-state index in [-0.39, 0.29) is 23.8 Å². The number of piperidine rings is 1. The number of rotatable bonds is 6. The highest BCUT2D eigenvalue weighted by Gasteiger charge is 2.34. The summed E-state index contributed by atoms with van der Waals surface area (Å²) in [6.45, 7) is 1.39. The normalized spacial score (nSPS) is 16.2. The number of likely N-dealkylation sites (tertiary alicyclic amines) is 1. The van der Waals surface area contributed by atoms with Crippen LogP contribution < -0.4 is 4.74 Å². The molecule has 4 heterocycles. The lowest BCUT2D eigenvalue weighted by Gasteiger charge is -2.36. The number of ether oxygens (including phenoxy) is 2. The lowest BCUT2D eigenvalue weighted by atomic mass is 9.93. The van der Waals surface area contributed by atoms with Crippen LogP contribution in [0.15, 0.2) is 47.1 Å². The molecule has 0 spiro atoms. The summed E-state index contributed by atoms with van der Waals surface area (Å²) < 4.78 is 17.1. The summed E-state index contributed by atoms with van der Waals surface area (Å²) in [4.78, 5) is 20.2. The molecule has 1 aliphatic rings. The molecule has 0 saturated carbocycles. The van der Waals surface area contributed by atoms with E-state index in [4.69, 9.17) is 13.9 Å². The Morgan fingerprint density at radius 2 is 1.97 bits per heavy atom. The number of carbonyl (C=O) groups excluding carboxylic acids is 1. The van der Waals surface area contributed by atoms with Crippen molar-refractivity contribution in [1.82, 2.24) is 19.5 Å². The van der Waals surface area contributed by atoms with Gasteiger partial charge in [0.1, 0.15) is 5.75 Å². The third-order valence-corrected chi connectivity index (χ3v) is 7.12. The van der Waals surface area contributed by atoms with Crippen molar-refractivity contribution in [1.29, 1.82) is 0 Å². The molecule has 172 valence electrons. The summed E-state index contributed by atoms with van der Waals surface area (Å²) in [6, 6.07) is 11.2. The van der Waals surface area contributed by atoms with Gasteiger partial charge in [-0.2, -0.15) is 9.50 Å². The minimum Gasteiger partial charge on any atom is -0.497 e. The number of benzene rings is 1. The molecule has 0 amide bonds. The van der Waals surface area contributed by atoms with Gasteiger partial charge in [-0.1, -0.05) is 23.5 Å². The number of furan rings is 1. The lowest BCUT2D eigenvalue weighted by molar-refractivity contribution is -0.147. The Hall–Kier alpha value is -3.37. The van der Waals surface area contributed by atoms with Gasteiger partial charge in [-0.05, 0) is 55.8 Å². The van der Waals surface area contributed by atoms with Crippen molar-refractivity contribution in [2.75, 3.05) is 27.3 Å². The van der Waals surface area contributed by atoms with Crippen LogP contribution in [0.2, 0.25) is 0 Å². The number of thiazole rings is 1. The molecular formula is C23H24N4O5S. The molecule has 1 aromatic carbocycles. The zero-order valence-electron chi connectivity index (χ0n) is 18.3. The minimum absolute atomic E-state index is 0.0521. The Labute approximate surface area is 194 Å². The van der Waals surface area contributed by atoms with Gasteiger partial charge in [-0.25, -0.2) is 0 Å². The third kappa shape index (κ3) is 3.96. The Bertz CT molecular complexity index is 1240. The number of hydrogen-bond acceptors (Lipinski definition) is 9. The fourth-order valence-corrected chi connectivity index (χ4v) is 5.43. The monoisotopic (exact) mass is 468 g/mol. The number of carbonyl (C=O) groups is 1. The first-order valence-corrected chi connectivity index (χ1v) is 11.5. The topological polar surface area (TPSA) is 102 Å². The van der Waals surface area contributed by atoms with Crippen LogP contribution in [0.1, 0.15) is 29.3 Å². The Morgan fingerprint density at radius 3 is 2.58 bits per heavy atom. The van der Waals surface area contributed by atoms with Crippen molar-refractivity contribution in [3.63, 3.8) is 0 Å². The SMILES string of the molecule is COC(=O)C1CCN([C@@H](c2ccc(OC)cc2)c2sc3nc(-c4ccco4)nn3c2O)CC1. The van der Waals surface area contributed by atoms with E-state index in [0.717, 1.165) is 16.2 Å². The second-order valence-electron chi connectivity index (χ2n) is 7.91. The van der Waals surface area contributed by atoms with Crippen LogP contribution in [0.5, 0.6) is 11.6 Å². The molecule has 9 nitrogen and oxygen atoms in total. The Kier molecular flexibility index (Phi) is 5.77. The molecule has 3 aromatic heterocycles. The average molecular weight is 469 g/mol. The van der Waals surface area contributed by atoms with E-state index in [0.29, 0.717) is 42.5 Å². The van der Waals surface area contributed by atoms with Crippen LogP contribution in [0.25, 0.3) is 16.5 Å². The number of nitrogens with zero attached hydrogens (tertiary/aromatic N) is 4. The maximum Gasteiger partial charge on any atom is 0.308 e. The van der Waals surface area contributed by atoms with Gasteiger partial charge in [0, 0.05) is 0 Å². The maximum atomic E-state index is 12.0. The molecule has 4 aromatic rings. The molecule has 10 heteroatoms. The van der Waals surface area contributed by atoms with E-state index in [1.807, 2.05) is 24.3 Å². The van der Waals surface area contributed by atoms with Crippen molar-refractivity contribution >= 4 is 22.3 Å². The number of fused-ring (bicyclic) bond motifs is 1. The quantitative estimate of drug-likeness (QED) is 0.427. The molecule has 0 unspecified atom stereocenters. The van der Waals surface area contributed by atoms with E-state index in [1.165, 1.54) is 23.0 Å². The molecule has 1 saturated heterocycles. The van der Waals surface area contributed by atoms with E-state index >= 15 is 0 Å². The van der Waals surface area contributed by atoms with Crippen molar-refractivity contribution in [2.45, 2.75) is 18.9 Å². The van der Waals surface area contributed by atoms with E-state index in [2.05, 4.69) is 15.0 Å². The van der Waals surface area contributed by atoms with Crippen LogP contribution in [-0.2, 0) is 9.53 Å². The van der Waals surface area contributed by atoms with Crippen LogP contribution in [0.3, 0.4) is 0 Å². The third-order valence-electron chi connectivity index (χ3n) is 6.05. The van der Waals surface area contributed by atoms with Crippen LogP contribution in [0, 0.1) is 5.92 Å². The maximum absolute atomic E-state index is 12.0. The van der Waals surface area contributed by atoms with Crippen LogP contribution >= 0.6 is 11.3 Å². The lowest BCUT2D eigenvalue weighted by Crippen LogP contribution is -2.39. The van der Waals surface area contributed by atoms with Crippen molar-refractivity contribution in [3.05, 3.63) is 53.1 Å². The Balaban J connectivity index is 1.51. The van der Waals surface area contributed by atoms with Crippen molar-refractivity contribution < 1.29 is 23.8 Å². The summed E-state index contributed by atoms with van der Waals surface area (Å²) in [6.07, 6.45) is 2.96. The largest absolute Gasteiger partial charge is 0.497 e. The van der Waals surface area contributed by atoms with Gasteiger partial charge < -0.3 is 19.0 Å². The smallest absolute Gasteiger partial charge is 0.308 e. The summed E-state index contributed by atoms with van der Waals surface area (Å²) in [7, 11) is 3.06. The van der Waals surface area contributed by atoms with Crippen molar-refractivity contribution in [2.24, 2.45) is 5.92 Å². The van der Waals surface area contributed by atoms with Crippen LogP contribution in [0.4, 0.5) is 0 Å². The summed E-state index contributed by atoms with van der Waals surface area (Å²) in [5.74, 6) is 1.52. The average Bonchev–Trinajstić information content (AvgIpc) is 3.59. The predicted molar refractivity (Wildman–Crippen MR) is 121 cm³/mol. The highest BCUT2D eigenvalue weighted by atomic mass is 32.1. The first kappa shape index (κ1) is 21.5. The molecule has 1 atom stereocenters. The van der Waals surface area contributed by atoms with Gasteiger partial charge in [0.2, 0.25) is 16.7 Å². The molecule has 1 aliphatic heterocycles. The molecular weight excluding hydrogens is 444 g/mol. The van der Waals surface area contributed by atoms with E-state index in [9.17, 15) is 9.90 Å². The molecule has 1 fully saturated rings. The fraction of sp³-hybridized carbons (Fsp3) is 0.348. The molecule has 1 N–H and O–H groups in total. The number of methoxy groups -OCH3 is 2. The first-order valence-electron chi connectivity index (χ1n) is 10.7. The molecule has 5 rings (SSSR count). The fourth-order valence-electron chi connectivity index (χ4n) is 4.31. The standard InChI is InChI=1S/C23H24N4O5S/c1-30-16-7-5-14(6-8-16)18(26-11-9-15(10-12-26)22(29)31-2)19-21(28)27-23(33-19)24-20(25-27)17-4-3-13-32-17/h3-8,13,15,18,28H,9-12H2,1-2H3/t18-/m0/s1. The van der Waals surface area contributed by atoms with Crippen molar-refractivity contribution in [3.8, 4) is 23.2 Å². The van der Waals surface area contributed by atoms with Gasteiger partial charge in [0.05, 0.1) is 37.3 Å². The highest BCUT2D eigenvalue weighted by molar-refractivity contribution is 7.17. The number of aromatic hydroxyl groups is 1. The first-order chi connectivity index (χ1) is 16.1. The van der Waals surface area contributed by atoms with Gasteiger partial charge >= 0.3 is 5.97 Å². The second kappa shape index (κ2) is 8.87. The molecule has 33 heavy (non-hydrogen) atoms. The molecule has 0 aliphatic carbocycles. The zero-order valence-corrected chi connectivity index (χ0v) is 19.1.